The third-order valence-corrected chi connectivity index (χ3v) is 3.73. The molecule has 0 aliphatic rings. The Labute approximate surface area is 149 Å². The summed E-state index contributed by atoms with van der Waals surface area (Å²) in [5.41, 5.74) is 7.49. The van der Waals surface area contributed by atoms with Crippen LogP contribution in [0.4, 0.5) is 11.4 Å². The highest BCUT2D eigenvalue weighted by molar-refractivity contribution is 6.04. The normalized spacial score (nSPS) is 10.7. The lowest BCUT2D eigenvalue weighted by Crippen LogP contribution is -2.16. The molecule has 0 fully saturated rings. The molecule has 3 aromatic rings. The minimum Gasteiger partial charge on any atom is -0.469 e. The van der Waals surface area contributed by atoms with Crippen LogP contribution in [0.5, 0.6) is 0 Å². The maximum absolute atomic E-state index is 12.0. The number of aromatic nitrogens is 2. The number of hydrogen-bond acceptors (Lipinski definition) is 7. The molecule has 0 saturated carbocycles. The summed E-state index contributed by atoms with van der Waals surface area (Å²) in [5.74, 6) is 0.778. The number of carbonyl (C=O) groups is 2. The van der Waals surface area contributed by atoms with Crippen LogP contribution in [0.2, 0.25) is 0 Å². The largest absolute Gasteiger partial charge is 0.469 e. The number of nitrogens with one attached hydrogen (secondary N) is 1. The van der Waals surface area contributed by atoms with Gasteiger partial charge in [-0.05, 0) is 37.3 Å². The van der Waals surface area contributed by atoms with Crippen LogP contribution in [-0.2, 0) is 16.0 Å². The Bertz CT molecular complexity index is 911. The average molecular weight is 354 g/mol. The highest BCUT2D eigenvalue weighted by Gasteiger charge is 2.15. The molecule has 0 bridgehead atoms. The number of Topliss-reactive ketones (excluding diaryl/α,β-unsaturated/α-hetero) is 1. The molecule has 0 unspecified atom stereocenters. The zero-order valence-corrected chi connectivity index (χ0v) is 14.2. The maximum Gasteiger partial charge on any atom is 0.251 e. The number of rotatable bonds is 7. The number of nitrogens with two attached hydrogens (primary N) is 1. The zero-order chi connectivity index (χ0) is 18.5. The van der Waals surface area contributed by atoms with E-state index in [1.165, 1.54) is 6.26 Å². The van der Waals surface area contributed by atoms with Crippen LogP contribution in [0.3, 0.4) is 0 Å². The molecule has 0 radical (unpaired) electrons. The summed E-state index contributed by atoms with van der Waals surface area (Å²) in [5, 5.41) is 10.5. The summed E-state index contributed by atoms with van der Waals surface area (Å²) in [4.78, 5) is 23.9. The molecule has 2 heterocycles. The van der Waals surface area contributed by atoms with Crippen LogP contribution in [0.25, 0.3) is 11.5 Å². The molecule has 0 aliphatic carbocycles. The van der Waals surface area contributed by atoms with Gasteiger partial charge in [0, 0.05) is 24.2 Å². The number of nitrogen functional groups attached to an aromatic ring is 1. The first-order valence-electron chi connectivity index (χ1n) is 8.05. The van der Waals surface area contributed by atoms with E-state index in [0.29, 0.717) is 28.9 Å². The summed E-state index contributed by atoms with van der Waals surface area (Å²) >= 11 is 0. The number of amides is 1. The monoisotopic (exact) mass is 354 g/mol. The summed E-state index contributed by atoms with van der Waals surface area (Å²) in [6.45, 7) is 1.79. The number of hydrogen-bond donors (Lipinski definition) is 2. The van der Waals surface area contributed by atoms with Gasteiger partial charge in [0.1, 0.15) is 11.5 Å². The van der Waals surface area contributed by atoms with Crippen LogP contribution < -0.4 is 11.1 Å². The first kappa shape index (κ1) is 17.4. The lowest BCUT2D eigenvalue weighted by Gasteiger charge is -2.04. The van der Waals surface area contributed by atoms with Gasteiger partial charge in [-0.25, -0.2) is 0 Å². The van der Waals surface area contributed by atoms with Crippen molar-refractivity contribution in [3.8, 4) is 11.5 Å². The fourth-order valence-electron chi connectivity index (χ4n) is 2.36. The number of nitrogens with zero attached hydrogens (tertiary/aromatic N) is 2. The molecule has 8 nitrogen and oxygen atoms in total. The quantitative estimate of drug-likeness (QED) is 0.494. The molecular formula is C18H18N4O4. The van der Waals surface area contributed by atoms with Crippen molar-refractivity contribution in [2.45, 2.75) is 26.2 Å². The number of benzene rings is 1. The number of anilines is 2. The maximum atomic E-state index is 12.0. The summed E-state index contributed by atoms with van der Waals surface area (Å²) in [7, 11) is 0. The molecule has 3 N–H and O–H groups in total. The third kappa shape index (κ3) is 4.35. The molecule has 1 aromatic carbocycles. The molecule has 0 saturated heterocycles. The molecule has 0 atom stereocenters. The molecule has 0 aliphatic heterocycles. The Morgan fingerprint density at radius 2 is 1.92 bits per heavy atom. The van der Waals surface area contributed by atoms with Crippen molar-refractivity contribution in [1.29, 1.82) is 0 Å². The first-order chi connectivity index (χ1) is 12.5. The van der Waals surface area contributed by atoms with E-state index in [1.54, 1.807) is 37.3 Å². The van der Waals surface area contributed by atoms with Gasteiger partial charge in [-0.15, -0.1) is 10.2 Å². The van der Waals surface area contributed by atoms with Crippen molar-refractivity contribution in [1.82, 2.24) is 10.2 Å². The highest BCUT2D eigenvalue weighted by Crippen LogP contribution is 2.23. The van der Waals surface area contributed by atoms with Gasteiger partial charge in [0.15, 0.2) is 0 Å². The van der Waals surface area contributed by atoms with Gasteiger partial charge in [-0.2, -0.15) is 0 Å². The highest BCUT2D eigenvalue weighted by atomic mass is 16.4. The minimum atomic E-state index is -0.375. The second-order valence-electron chi connectivity index (χ2n) is 5.78. The Morgan fingerprint density at radius 1 is 1.15 bits per heavy atom. The fraction of sp³-hybridized carbons (Fsp3) is 0.222. The Morgan fingerprint density at radius 3 is 2.62 bits per heavy atom. The molecule has 8 heteroatoms. The van der Waals surface area contributed by atoms with E-state index in [-0.39, 0.29) is 31.0 Å². The third-order valence-electron chi connectivity index (χ3n) is 3.73. The average Bonchev–Trinajstić information content (AvgIpc) is 3.23. The van der Waals surface area contributed by atoms with Crippen molar-refractivity contribution in [3.05, 3.63) is 48.2 Å². The molecule has 3 rings (SSSR count). The van der Waals surface area contributed by atoms with Crippen LogP contribution >= 0.6 is 0 Å². The number of ketones is 1. The van der Waals surface area contributed by atoms with Gasteiger partial charge >= 0.3 is 0 Å². The first-order valence-corrected chi connectivity index (χ1v) is 8.05. The molecular weight excluding hydrogens is 336 g/mol. The smallest absolute Gasteiger partial charge is 0.251 e. The van der Waals surface area contributed by atoms with Crippen LogP contribution in [0, 0.1) is 6.92 Å². The van der Waals surface area contributed by atoms with E-state index in [2.05, 4.69) is 15.5 Å². The number of carbonyl (C=O) groups excluding carboxylic acids is 2. The van der Waals surface area contributed by atoms with E-state index in [1.807, 2.05) is 0 Å². The SMILES string of the molecule is Cc1occc1-c1nnc(CCC(=O)CC(=O)Nc2ccc(N)cc2)o1. The van der Waals surface area contributed by atoms with Gasteiger partial charge < -0.3 is 19.9 Å². The second kappa shape index (κ2) is 7.64. The van der Waals surface area contributed by atoms with Gasteiger partial charge in [-0.1, -0.05) is 0 Å². The predicted molar refractivity (Wildman–Crippen MR) is 94.2 cm³/mol. The van der Waals surface area contributed by atoms with Crippen molar-refractivity contribution in [3.63, 3.8) is 0 Å². The van der Waals surface area contributed by atoms with E-state index < -0.39 is 0 Å². The number of furan rings is 1. The van der Waals surface area contributed by atoms with E-state index >= 15 is 0 Å². The Balaban J connectivity index is 1.48. The van der Waals surface area contributed by atoms with Crippen molar-refractivity contribution in [2.75, 3.05) is 11.1 Å². The lowest BCUT2D eigenvalue weighted by atomic mass is 10.1. The van der Waals surface area contributed by atoms with E-state index in [4.69, 9.17) is 14.6 Å². The zero-order valence-electron chi connectivity index (χ0n) is 14.2. The lowest BCUT2D eigenvalue weighted by molar-refractivity contribution is -0.125. The summed E-state index contributed by atoms with van der Waals surface area (Å²) < 4.78 is 10.7. The van der Waals surface area contributed by atoms with Crippen molar-refractivity contribution >= 4 is 23.1 Å². The predicted octanol–water partition coefficient (Wildman–Crippen LogP) is 2.75. The second-order valence-corrected chi connectivity index (χ2v) is 5.78. The van der Waals surface area contributed by atoms with E-state index in [0.717, 1.165) is 5.56 Å². The van der Waals surface area contributed by atoms with Gasteiger partial charge in [0.25, 0.3) is 5.89 Å². The molecule has 26 heavy (non-hydrogen) atoms. The van der Waals surface area contributed by atoms with Crippen molar-refractivity contribution in [2.24, 2.45) is 0 Å². The molecule has 134 valence electrons. The van der Waals surface area contributed by atoms with Gasteiger partial charge in [0.05, 0.1) is 18.2 Å². The van der Waals surface area contributed by atoms with Gasteiger partial charge in [-0.3, -0.25) is 9.59 Å². The number of aryl methyl sites for hydroxylation is 2. The molecule has 1 amide bonds. The summed E-state index contributed by atoms with van der Waals surface area (Å²) in [6.07, 6.45) is 1.74. The molecule has 0 spiro atoms. The molecule has 2 aromatic heterocycles. The van der Waals surface area contributed by atoms with Crippen LogP contribution in [0.15, 0.2) is 45.4 Å². The summed E-state index contributed by atoms with van der Waals surface area (Å²) in [6, 6.07) is 8.43. The van der Waals surface area contributed by atoms with Gasteiger partial charge in [0.2, 0.25) is 11.8 Å². The topological polar surface area (TPSA) is 124 Å². The van der Waals surface area contributed by atoms with E-state index in [9.17, 15) is 9.59 Å². The Hall–Kier alpha value is -3.42. The minimum absolute atomic E-state index is 0.140. The standard InChI is InChI=1S/C18H18N4O4/c1-11-15(8-9-25-11)18-22-21-17(26-18)7-6-14(23)10-16(24)20-13-4-2-12(19)3-5-13/h2-5,8-9H,6-7,10,19H2,1H3,(H,20,24). The van der Waals surface area contributed by atoms with Crippen LogP contribution in [-0.4, -0.2) is 21.9 Å². The van der Waals surface area contributed by atoms with Crippen molar-refractivity contribution < 1.29 is 18.4 Å². The Kier molecular flexibility index (Phi) is 5.12. The van der Waals surface area contributed by atoms with Crippen LogP contribution in [0.1, 0.15) is 24.5 Å². The fourth-order valence-corrected chi connectivity index (χ4v) is 2.36.